The van der Waals surface area contributed by atoms with Crippen molar-refractivity contribution in [2.24, 2.45) is 0 Å². The van der Waals surface area contributed by atoms with E-state index in [0.717, 1.165) is 18.8 Å². The van der Waals surface area contributed by atoms with Crippen LogP contribution in [-0.4, -0.2) is 35.1 Å². The summed E-state index contributed by atoms with van der Waals surface area (Å²) in [6.45, 7) is 4.92. The maximum Gasteiger partial charge on any atom is 0.226 e. The van der Waals surface area contributed by atoms with Gasteiger partial charge in [-0.1, -0.05) is 0 Å². The Morgan fingerprint density at radius 2 is 0.786 bits per heavy atom. The molecule has 10 heteroatoms. The van der Waals surface area contributed by atoms with Gasteiger partial charge in [-0.25, -0.2) is 0 Å². The normalized spacial score (nSPS) is 9.11. The molecular formula is C18H18GaO9. The topological polar surface area (TPSA) is 151 Å². The van der Waals surface area contributed by atoms with E-state index in [2.05, 4.69) is 13.3 Å². The standard InChI is InChI=1S/3C6H6O3.Ga/c3*1-4-2-5(7)6(8)3-9-4;/h3*2-3,8H,1H3;. The fourth-order valence-electron chi connectivity index (χ4n) is 1.50. The predicted octanol–water partition coefficient (Wildman–Crippen LogP) is 1.58. The van der Waals surface area contributed by atoms with Gasteiger partial charge in [-0.05, 0) is 20.8 Å². The zero-order valence-corrected chi connectivity index (χ0v) is 17.8. The van der Waals surface area contributed by atoms with Crippen LogP contribution in [0.25, 0.3) is 0 Å². The first-order valence-electron chi connectivity index (χ1n) is 7.45. The van der Waals surface area contributed by atoms with Crippen molar-refractivity contribution in [1.82, 2.24) is 0 Å². The number of rotatable bonds is 0. The number of hydrogen-bond donors (Lipinski definition) is 3. The summed E-state index contributed by atoms with van der Waals surface area (Å²) in [5, 5.41) is 25.9. The third kappa shape index (κ3) is 8.51. The minimum Gasteiger partial charge on any atom is -0.502 e. The van der Waals surface area contributed by atoms with Gasteiger partial charge in [0.05, 0.1) is 0 Å². The molecule has 3 aromatic rings. The van der Waals surface area contributed by atoms with Crippen molar-refractivity contribution in [2.45, 2.75) is 20.8 Å². The van der Waals surface area contributed by atoms with E-state index in [9.17, 15) is 14.4 Å². The van der Waals surface area contributed by atoms with Crippen LogP contribution in [0, 0.1) is 20.8 Å². The fraction of sp³-hybridized carbons (Fsp3) is 0.167. The van der Waals surface area contributed by atoms with Gasteiger partial charge in [-0.3, -0.25) is 14.4 Å². The minimum absolute atomic E-state index is 0. The third-order valence-electron chi connectivity index (χ3n) is 2.83. The van der Waals surface area contributed by atoms with Crippen molar-refractivity contribution in [3.63, 3.8) is 0 Å². The van der Waals surface area contributed by atoms with Crippen molar-refractivity contribution < 1.29 is 28.6 Å². The molecule has 0 aliphatic heterocycles. The molecule has 0 aliphatic rings. The van der Waals surface area contributed by atoms with Gasteiger partial charge in [0.2, 0.25) is 16.3 Å². The predicted molar refractivity (Wildman–Crippen MR) is 99.9 cm³/mol. The molecule has 3 radical (unpaired) electrons. The van der Waals surface area contributed by atoms with Gasteiger partial charge in [-0.2, -0.15) is 0 Å². The molecule has 3 rings (SSSR count). The Bertz CT molecular complexity index is 927. The van der Waals surface area contributed by atoms with Crippen LogP contribution in [0.15, 0.2) is 64.6 Å². The monoisotopic (exact) mass is 447 g/mol. The van der Waals surface area contributed by atoms with E-state index < -0.39 is 16.3 Å². The Kier molecular flexibility index (Phi) is 10.3. The van der Waals surface area contributed by atoms with Crippen molar-refractivity contribution in [3.05, 3.63) is 84.9 Å². The van der Waals surface area contributed by atoms with Gasteiger partial charge in [-0.15, -0.1) is 0 Å². The van der Waals surface area contributed by atoms with Gasteiger partial charge in [0, 0.05) is 38.0 Å². The molecule has 0 bridgehead atoms. The van der Waals surface area contributed by atoms with Gasteiger partial charge >= 0.3 is 0 Å². The van der Waals surface area contributed by atoms with E-state index in [1.165, 1.54) is 18.2 Å². The summed E-state index contributed by atoms with van der Waals surface area (Å²) in [5.41, 5.74) is -1.21. The van der Waals surface area contributed by atoms with Crippen LogP contribution in [0.4, 0.5) is 0 Å². The molecule has 3 N–H and O–H groups in total. The van der Waals surface area contributed by atoms with E-state index in [4.69, 9.17) is 15.3 Å². The zero-order valence-electron chi connectivity index (χ0n) is 15.3. The van der Waals surface area contributed by atoms with Crippen LogP contribution >= 0.6 is 0 Å². The van der Waals surface area contributed by atoms with E-state index in [1.54, 1.807) is 20.8 Å². The molecular weight excluding hydrogens is 430 g/mol. The summed E-state index contributed by atoms with van der Waals surface area (Å²) in [6, 6.07) is 3.69. The smallest absolute Gasteiger partial charge is 0.226 e. The summed E-state index contributed by atoms with van der Waals surface area (Å²) >= 11 is 0. The van der Waals surface area contributed by atoms with Crippen LogP contribution in [0.2, 0.25) is 0 Å². The maximum absolute atomic E-state index is 10.5. The molecule has 0 fully saturated rings. The van der Waals surface area contributed by atoms with Gasteiger partial charge in [0.1, 0.15) is 36.1 Å². The molecule has 0 aliphatic carbocycles. The minimum atomic E-state index is -0.404. The summed E-state index contributed by atoms with van der Waals surface area (Å²) in [5.74, 6) is 0.454. The number of hydrogen-bond acceptors (Lipinski definition) is 9. The molecule has 0 aromatic carbocycles. The third-order valence-corrected chi connectivity index (χ3v) is 2.83. The number of aryl methyl sites for hydroxylation is 3. The Balaban J connectivity index is 0.000000384. The average molecular weight is 448 g/mol. The first kappa shape index (κ1) is 24.9. The molecule has 9 nitrogen and oxygen atoms in total. The molecule has 0 unspecified atom stereocenters. The molecule has 0 saturated carbocycles. The van der Waals surface area contributed by atoms with Crippen LogP contribution in [-0.2, 0) is 0 Å². The van der Waals surface area contributed by atoms with Crippen molar-refractivity contribution in [3.8, 4) is 17.2 Å². The first-order chi connectivity index (χ1) is 12.6. The molecule has 0 atom stereocenters. The zero-order chi connectivity index (χ0) is 20.6. The van der Waals surface area contributed by atoms with E-state index in [-0.39, 0.29) is 37.0 Å². The fourth-order valence-corrected chi connectivity index (χ4v) is 1.50. The Hall–Kier alpha value is -3.11. The second-order valence-electron chi connectivity index (χ2n) is 5.22. The van der Waals surface area contributed by atoms with Gasteiger partial charge < -0.3 is 28.6 Å². The summed E-state index contributed by atoms with van der Waals surface area (Å²) in [7, 11) is 0. The quantitative estimate of drug-likeness (QED) is 0.436. The molecule has 28 heavy (non-hydrogen) atoms. The van der Waals surface area contributed by atoms with Crippen molar-refractivity contribution >= 4 is 19.8 Å². The van der Waals surface area contributed by atoms with Gasteiger partial charge in [0.15, 0.2) is 17.2 Å². The largest absolute Gasteiger partial charge is 0.502 e. The van der Waals surface area contributed by atoms with Gasteiger partial charge in [0.25, 0.3) is 0 Å². The Morgan fingerprint density at radius 1 is 0.571 bits per heavy atom. The first-order valence-corrected chi connectivity index (χ1v) is 7.45. The molecule has 3 aromatic heterocycles. The number of aromatic hydroxyl groups is 3. The summed E-state index contributed by atoms with van der Waals surface area (Å²) in [4.78, 5) is 31.6. The average Bonchev–Trinajstić information content (AvgIpc) is 2.60. The summed E-state index contributed by atoms with van der Waals surface area (Å²) in [6.07, 6.45) is 3.08. The second kappa shape index (κ2) is 11.6. The van der Waals surface area contributed by atoms with Crippen molar-refractivity contribution in [1.29, 1.82) is 0 Å². The van der Waals surface area contributed by atoms with Crippen LogP contribution in [0.1, 0.15) is 17.3 Å². The Morgan fingerprint density at radius 3 is 0.929 bits per heavy atom. The second-order valence-corrected chi connectivity index (χ2v) is 5.22. The maximum atomic E-state index is 10.5. The van der Waals surface area contributed by atoms with Crippen LogP contribution in [0.5, 0.6) is 17.2 Å². The van der Waals surface area contributed by atoms with Crippen molar-refractivity contribution in [2.75, 3.05) is 0 Å². The summed E-state index contributed by atoms with van der Waals surface area (Å²) < 4.78 is 14.1. The molecule has 0 amide bonds. The molecule has 3 heterocycles. The van der Waals surface area contributed by atoms with E-state index in [0.29, 0.717) is 17.3 Å². The van der Waals surface area contributed by atoms with Crippen LogP contribution < -0.4 is 16.3 Å². The SMILES string of the molecule is Cc1cc(=O)c(O)co1.Cc1cc(=O)c(O)co1.Cc1cc(=O)c(O)co1.[Ga]. The molecule has 147 valence electrons. The van der Waals surface area contributed by atoms with E-state index >= 15 is 0 Å². The van der Waals surface area contributed by atoms with E-state index in [1.807, 2.05) is 0 Å². The Labute approximate surface area is 171 Å². The van der Waals surface area contributed by atoms with Crippen LogP contribution in [0.3, 0.4) is 0 Å². The molecule has 0 spiro atoms. The molecule has 0 saturated heterocycles.